The number of carbonyl (C=O) groups excluding carboxylic acids is 2. The van der Waals surface area contributed by atoms with Crippen molar-refractivity contribution >= 4 is 28.7 Å². The number of hydrogen-bond acceptors (Lipinski definition) is 6. The van der Waals surface area contributed by atoms with Gasteiger partial charge in [0.25, 0.3) is 0 Å². The van der Waals surface area contributed by atoms with Crippen LogP contribution in [0.4, 0.5) is 11.4 Å². The quantitative estimate of drug-likeness (QED) is 0.122. The van der Waals surface area contributed by atoms with Crippen LogP contribution in [0.25, 0.3) is 0 Å². The van der Waals surface area contributed by atoms with E-state index in [0.717, 1.165) is 33.6 Å². The summed E-state index contributed by atoms with van der Waals surface area (Å²) in [6.07, 6.45) is 0.571. The van der Waals surface area contributed by atoms with Gasteiger partial charge in [0.05, 0.1) is 0 Å². The van der Waals surface area contributed by atoms with E-state index in [1.807, 2.05) is 135 Å². The first kappa shape index (κ1) is 27.3. The molecule has 4 aromatic rings. The molecular weight excluding hydrogens is 486 g/mol. The number of nitrogens with zero attached hydrogens (tertiary/aromatic N) is 3. The number of carbonyl (C=O) groups is 2. The lowest BCUT2D eigenvalue weighted by atomic mass is 9.96. The lowest BCUT2D eigenvalue weighted by Crippen LogP contribution is -2.10. The molecule has 39 heavy (non-hydrogen) atoms. The molecule has 0 fully saturated rings. The maximum atomic E-state index is 12.7. The molecule has 4 rings (SSSR count). The standard InChI is InChI=1S/C33H33N3O3/c1-35(2)29-17-13-25(14-18-29)31(37)21-23-5-9-27(10-6-23)33(34-39)28-11-7-24(8-12-28)22-32(38)26-15-19-30(20-16-26)36(3)4/h5-20,39H,21-22H2,1-4H3. The summed E-state index contributed by atoms with van der Waals surface area (Å²) in [4.78, 5) is 29.4. The Kier molecular flexibility index (Phi) is 8.56. The van der Waals surface area contributed by atoms with Gasteiger partial charge in [0.1, 0.15) is 5.71 Å². The highest BCUT2D eigenvalue weighted by Crippen LogP contribution is 2.18. The molecule has 6 heteroatoms. The monoisotopic (exact) mass is 519 g/mol. The molecule has 0 radical (unpaired) electrons. The summed E-state index contributed by atoms with van der Waals surface area (Å²) in [5, 5.41) is 13.3. The van der Waals surface area contributed by atoms with E-state index in [4.69, 9.17) is 0 Å². The van der Waals surface area contributed by atoms with E-state index < -0.39 is 0 Å². The molecule has 0 aliphatic heterocycles. The second kappa shape index (κ2) is 12.2. The summed E-state index contributed by atoms with van der Waals surface area (Å²) in [6.45, 7) is 0. The third-order valence-corrected chi connectivity index (χ3v) is 6.70. The zero-order chi connectivity index (χ0) is 27.9. The van der Waals surface area contributed by atoms with Crippen molar-refractivity contribution in [3.8, 4) is 0 Å². The van der Waals surface area contributed by atoms with Gasteiger partial charge in [-0.1, -0.05) is 53.7 Å². The molecule has 0 saturated heterocycles. The van der Waals surface area contributed by atoms with Crippen molar-refractivity contribution in [3.63, 3.8) is 0 Å². The SMILES string of the molecule is CN(C)c1ccc(C(=O)Cc2ccc(C(=NO)c3ccc(CC(=O)c4ccc(N(C)C)cc4)cc3)cc2)cc1. The molecule has 0 atom stereocenters. The number of Topliss-reactive ketones (excluding diaryl/α,β-unsaturated/α-hetero) is 2. The number of oxime groups is 1. The normalized spacial score (nSPS) is 10.6. The fraction of sp³-hybridized carbons (Fsp3) is 0.182. The maximum absolute atomic E-state index is 12.7. The Morgan fingerprint density at radius 3 is 1.13 bits per heavy atom. The Morgan fingerprint density at radius 1 is 0.538 bits per heavy atom. The van der Waals surface area contributed by atoms with Crippen molar-refractivity contribution in [1.29, 1.82) is 0 Å². The van der Waals surface area contributed by atoms with Gasteiger partial charge in [-0.05, 0) is 59.7 Å². The van der Waals surface area contributed by atoms with Crippen LogP contribution >= 0.6 is 0 Å². The van der Waals surface area contributed by atoms with Crippen LogP contribution in [-0.2, 0) is 12.8 Å². The van der Waals surface area contributed by atoms with Crippen LogP contribution in [0.1, 0.15) is 43.0 Å². The van der Waals surface area contributed by atoms with Crippen molar-refractivity contribution in [1.82, 2.24) is 0 Å². The van der Waals surface area contributed by atoms with E-state index in [2.05, 4.69) is 5.16 Å². The minimum absolute atomic E-state index is 0.0443. The van der Waals surface area contributed by atoms with Crippen molar-refractivity contribution < 1.29 is 14.8 Å². The molecule has 0 aliphatic rings. The molecule has 0 saturated carbocycles. The van der Waals surface area contributed by atoms with Gasteiger partial charge in [-0.15, -0.1) is 0 Å². The topological polar surface area (TPSA) is 73.2 Å². The Bertz CT molecular complexity index is 1340. The van der Waals surface area contributed by atoms with Crippen molar-refractivity contribution in [2.24, 2.45) is 5.16 Å². The average Bonchev–Trinajstić information content (AvgIpc) is 2.95. The third kappa shape index (κ3) is 6.79. The lowest BCUT2D eigenvalue weighted by molar-refractivity contribution is 0.0985. The van der Waals surface area contributed by atoms with Gasteiger partial charge in [-0.3, -0.25) is 9.59 Å². The highest BCUT2D eigenvalue weighted by atomic mass is 16.4. The zero-order valence-electron chi connectivity index (χ0n) is 22.8. The summed E-state index contributed by atoms with van der Waals surface area (Å²) >= 11 is 0. The van der Waals surface area contributed by atoms with Gasteiger partial charge < -0.3 is 15.0 Å². The van der Waals surface area contributed by atoms with Crippen LogP contribution in [0.2, 0.25) is 0 Å². The molecular formula is C33H33N3O3. The molecule has 1 N–H and O–H groups in total. The van der Waals surface area contributed by atoms with Gasteiger partial charge in [-0.25, -0.2) is 0 Å². The minimum Gasteiger partial charge on any atom is -0.410 e. The lowest BCUT2D eigenvalue weighted by Gasteiger charge is -2.12. The predicted octanol–water partition coefficient (Wildman–Crippen LogP) is 5.90. The van der Waals surface area contributed by atoms with E-state index >= 15 is 0 Å². The fourth-order valence-electron chi connectivity index (χ4n) is 4.31. The molecule has 4 aromatic carbocycles. The molecule has 198 valence electrons. The Labute approximate surface area is 229 Å². The zero-order valence-corrected chi connectivity index (χ0v) is 22.8. The predicted molar refractivity (Wildman–Crippen MR) is 158 cm³/mol. The Morgan fingerprint density at radius 2 is 0.846 bits per heavy atom. The Balaban J connectivity index is 1.40. The van der Waals surface area contributed by atoms with Crippen LogP contribution in [0, 0.1) is 0 Å². The van der Waals surface area contributed by atoms with E-state index in [9.17, 15) is 14.8 Å². The number of benzene rings is 4. The van der Waals surface area contributed by atoms with E-state index in [1.54, 1.807) is 0 Å². The highest BCUT2D eigenvalue weighted by molar-refractivity contribution is 6.12. The van der Waals surface area contributed by atoms with Crippen molar-refractivity contribution in [3.05, 3.63) is 130 Å². The van der Waals surface area contributed by atoms with Crippen LogP contribution < -0.4 is 9.80 Å². The molecule has 0 amide bonds. The smallest absolute Gasteiger partial charge is 0.167 e. The summed E-state index contributed by atoms with van der Waals surface area (Å²) < 4.78 is 0. The van der Waals surface area contributed by atoms with Crippen LogP contribution in [0.3, 0.4) is 0 Å². The first-order chi connectivity index (χ1) is 18.7. The summed E-state index contributed by atoms with van der Waals surface area (Å²) in [5.41, 5.74) is 7.07. The van der Waals surface area contributed by atoms with E-state index in [1.165, 1.54) is 0 Å². The highest BCUT2D eigenvalue weighted by Gasteiger charge is 2.12. The first-order valence-electron chi connectivity index (χ1n) is 12.8. The summed E-state index contributed by atoms with van der Waals surface area (Å²) in [7, 11) is 7.85. The number of anilines is 2. The van der Waals surface area contributed by atoms with Gasteiger partial charge in [0.2, 0.25) is 0 Å². The average molecular weight is 520 g/mol. The minimum atomic E-state index is 0.0443. The van der Waals surface area contributed by atoms with E-state index in [0.29, 0.717) is 16.8 Å². The molecule has 0 unspecified atom stereocenters. The molecule has 0 spiro atoms. The van der Waals surface area contributed by atoms with Crippen LogP contribution in [0.5, 0.6) is 0 Å². The maximum Gasteiger partial charge on any atom is 0.167 e. The molecule has 0 aromatic heterocycles. The summed E-state index contributed by atoms with van der Waals surface area (Å²) in [6, 6.07) is 30.0. The number of rotatable bonds is 10. The number of ketones is 2. The molecule has 0 heterocycles. The van der Waals surface area contributed by atoms with Gasteiger partial charge in [-0.2, -0.15) is 0 Å². The van der Waals surface area contributed by atoms with Gasteiger partial charge in [0.15, 0.2) is 11.6 Å². The first-order valence-corrected chi connectivity index (χ1v) is 12.8. The fourth-order valence-corrected chi connectivity index (χ4v) is 4.31. The Hall–Kier alpha value is -4.71. The largest absolute Gasteiger partial charge is 0.410 e. The van der Waals surface area contributed by atoms with Gasteiger partial charge >= 0.3 is 0 Å². The molecule has 0 bridgehead atoms. The number of hydrogen-bond donors (Lipinski definition) is 1. The second-order valence-corrected chi connectivity index (χ2v) is 9.92. The second-order valence-electron chi connectivity index (χ2n) is 9.92. The van der Waals surface area contributed by atoms with Crippen LogP contribution in [0.15, 0.2) is 102 Å². The van der Waals surface area contributed by atoms with Crippen LogP contribution in [-0.4, -0.2) is 50.7 Å². The third-order valence-electron chi connectivity index (χ3n) is 6.70. The van der Waals surface area contributed by atoms with Crippen molar-refractivity contribution in [2.45, 2.75) is 12.8 Å². The van der Waals surface area contributed by atoms with E-state index in [-0.39, 0.29) is 24.4 Å². The summed E-state index contributed by atoms with van der Waals surface area (Å²) in [5.74, 6) is 0.0887. The van der Waals surface area contributed by atoms with Crippen molar-refractivity contribution in [2.75, 3.05) is 38.0 Å². The molecule has 0 aliphatic carbocycles. The van der Waals surface area contributed by atoms with Gasteiger partial charge in [0, 0.05) is 74.7 Å². The molecule has 6 nitrogen and oxygen atoms in total.